The minimum atomic E-state index is -0.0523. The van der Waals surface area contributed by atoms with Crippen molar-refractivity contribution in [1.29, 1.82) is 0 Å². The summed E-state index contributed by atoms with van der Waals surface area (Å²) in [5.74, 6) is 0. The minimum absolute atomic E-state index is 0.0181. The molecule has 31 heavy (non-hydrogen) atoms. The predicted molar refractivity (Wildman–Crippen MR) is 136 cm³/mol. The molecule has 1 nitrogen and oxygen atoms in total. The molecule has 170 valence electrons. The van der Waals surface area contributed by atoms with E-state index in [-0.39, 0.29) is 32.6 Å². The number of nitrogens with one attached hydrogen (secondary N) is 1. The minimum Gasteiger partial charge on any atom is -0.382 e. The van der Waals surface area contributed by atoms with Gasteiger partial charge in [0.05, 0.1) is 5.54 Å². The molecule has 2 unspecified atom stereocenters. The van der Waals surface area contributed by atoms with Gasteiger partial charge in [0.1, 0.15) is 0 Å². The van der Waals surface area contributed by atoms with Gasteiger partial charge < -0.3 is 5.32 Å². The number of hydrogen-bond acceptors (Lipinski definition) is 1. The van der Waals surface area contributed by atoms with Crippen molar-refractivity contribution in [3.8, 4) is 0 Å². The largest absolute Gasteiger partial charge is 0.382 e. The summed E-state index contributed by atoms with van der Waals surface area (Å²) in [4.78, 5) is 0. The molecule has 4 rings (SSSR count). The lowest BCUT2D eigenvalue weighted by Crippen LogP contribution is -2.42. The smallest absolute Gasteiger partial charge is 0.0595 e. The number of rotatable bonds is 2. The molecular weight excluding hydrogens is 374 g/mol. The van der Waals surface area contributed by atoms with Crippen molar-refractivity contribution in [3.05, 3.63) is 52.2 Å². The second-order valence-electron chi connectivity index (χ2n) is 13.1. The van der Waals surface area contributed by atoms with Crippen LogP contribution in [-0.4, -0.2) is 5.54 Å². The second-order valence-corrected chi connectivity index (χ2v) is 13.1. The van der Waals surface area contributed by atoms with Crippen molar-refractivity contribution in [2.75, 3.05) is 0 Å². The van der Waals surface area contributed by atoms with Crippen LogP contribution in [-0.2, 0) is 16.2 Å². The molecule has 1 N–H and O–H groups in total. The highest BCUT2D eigenvalue weighted by Gasteiger charge is 2.58. The van der Waals surface area contributed by atoms with Crippen molar-refractivity contribution in [2.24, 2.45) is 10.8 Å². The fourth-order valence-electron chi connectivity index (χ4n) is 7.11. The Morgan fingerprint density at radius 1 is 0.710 bits per heavy atom. The Balaban J connectivity index is 2.12. The van der Waals surface area contributed by atoms with Crippen LogP contribution in [0.15, 0.2) is 30.0 Å². The van der Waals surface area contributed by atoms with Crippen LogP contribution in [0, 0.1) is 10.8 Å². The molecule has 0 saturated heterocycles. The highest BCUT2D eigenvalue weighted by atomic mass is 15.0. The zero-order valence-corrected chi connectivity index (χ0v) is 22.2. The SMILES string of the molecule is CCC1(C)C=CNC(C)(CC)C2=C1C(C)(C)c1cc3c(cc12)C(C)(C)C(C)(C)C3(C)C. The summed E-state index contributed by atoms with van der Waals surface area (Å²) in [5.41, 5.74) is 9.82. The van der Waals surface area contributed by atoms with Crippen LogP contribution in [0.5, 0.6) is 0 Å². The van der Waals surface area contributed by atoms with E-state index in [4.69, 9.17) is 0 Å². The Morgan fingerprint density at radius 3 is 1.77 bits per heavy atom. The van der Waals surface area contributed by atoms with E-state index in [1.807, 2.05) is 0 Å². The monoisotopic (exact) mass is 419 g/mol. The number of benzene rings is 1. The third-order valence-corrected chi connectivity index (χ3v) is 10.9. The maximum Gasteiger partial charge on any atom is 0.0595 e. The number of fused-ring (bicyclic) bond motifs is 3. The molecule has 2 atom stereocenters. The van der Waals surface area contributed by atoms with E-state index in [1.165, 1.54) is 11.1 Å². The van der Waals surface area contributed by atoms with Gasteiger partial charge in [-0.1, -0.05) is 94.4 Å². The Labute approximate surface area is 191 Å². The molecule has 1 heteroatoms. The van der Waals surface area contributed by atoms with E-state index in [0.29, 0.717) is 0 Å². The van der Waals surface area contributed by atoms with E-state index in [9.17, 15) is 0 Å². The fraction of sp³-hybridized carbons (Fsp3) is 0.667. The van der Waals surface area contributed by atoms with Gasteiger partial charge in [-0.25, -0.2) is 0 Å². The topological polar surface area (TPSA) is 12.0 Å². The molecule has 0 amide bonds. The molecule has 0 bridgehead atoms. The molecule has 1 aliphatic heterocycles. The molecule has 0 radical (unpaired) electrons. The molecule has 2 aliphatic carbocycles. The third-order valence-electron chi connectivity index (χ3n) is 10.9. The first-order valence-electron chi connectivity index (χ1n) is 12.4. The van der Waals surface area contributed by atoms with Gasteiger partial charge in [-0.2, -0.15) is 0 Å². The molecule has 1 aromatic carbocycles. The van der Waals surface area contributed by atoms with Crippen LogP contribution in [0.1, 0.15) is 118 Å². The van der Waals surface area contributed by atoms with Crippen LogP contribution in [0.2, 0.25) is 0 Å². The summed E-state index contributed by atoms with van der Waals surface area (Å²) in [5, 5.41) is 3.83. The highest BCUT2D eigenvalue weighted by Crippen LogP contribution is 2.65. The summed E-state index contributed by atoms with van der Waals surface area (Å²) in [6.45, 7) is 29.3. The van der Waals surface area contributed by atoms with Crippen LogP contribution in [0.25, 0.3) is 5.57 Å². The first kappa shape index (κ1) is 22.7. The van der Waals surface area contributed by atoms with E-state index in [1.54, 1.807) is 22.3 Å². The summed E-state index contributed by atoms with van der Waals surface area (Å²) >= 11 is 0. The Hall–Kier alpha value is -1.50. The summed E-state index contributed by atoms with van der Waals surface area (Å²) in [6, 6.07) is 5.23. The fourth-order valence-corrected chi connectivity index (χ4v) is 7.11. The molecule has 3 aliphatic rings. The molecule has 0 aromatic heterocycles. The van der Waals surface area contributed by atoms with Gasteiger partial charge in [0.15, 0.2) is 0 Å². The molecule has 0 saturated carbocycles. The van der Waals surface area contributed by atoms with E-state index in [2.05, 4.69) is 113 Å². The third kappa shape index (κ3) is 2.44. The zero-order chi connectivity index (χ0) is 23.4. The zero-order valence-electron chi connectivity index (χ0n) is 22.2. The highest BCUT2D eigenvalue weighted by molar-refractivity contribution is 5.88. The van der Waals surface area contributed by atoms with Gasteiger partial charge in [0.2, 0.25) is 0 Å². The number of hydrogen-bond donors (Lipinski definition) is 1. The first-order chi connectivity index (χ1) is 14.0. The van der Waals surface area contributed by atoms with Gasteiger partial charge in [-0.3, -0.25) is 0 Å². The van der Waals surface area contributed by atoms with Crippen LogP contribution in [0.4, 0.5) is 0 Å². The van der Waals surface area contributed by atoms with Gasteiger partial charge in [-0.15, -0.1) is 0 Å². The standard InChI is InChI=1S/C30H45N/c1-13-29(11)15-16-31-30(12,14-2)23-19-17-21-22(18-20(19)25(3,4)24(23)29)27(7,8)28(9,10)26(21,5)6/h15-18,31H,13-14H2,1-12H3. The van der Waals surface area contributed by atoms with Gasteiger partial charge in [0.25, 0.3) is 0 Å². The first-order valence-corrected chi connectivity index (χ1v) is 12.4. The lowest BCUT2D eigenvalue weighted by atomic mass is 9.59. The Bertz CT molecular complexity index is 1010. The van der Waals surface area contributed by atoms with Crippen molar-refractivity contribution >= 4 is 5.57 Å². The lowest BCUT2D eigenvalue weighted by Gasteiger charge is -2.44. The van der Waals surface area contributed by atoms with Gasteiger partial charge in [0, 0.05) is 10.8 Å². The lowest BCUT2D eigenvalue weighted by molar-refractivity contribution is 0.125. The van der Waals surface area contributed by atoms with Crippen molar-refractivity contribution in [1.82, 2.24) is 5.32 Å². The van der Waals surface area contributed by atoms with E-state index >= 15 is 0 Å². The number of allylic oxidation sites excluding steroid dienone is 2. The van der Waals surface area contributed by atoms with Crippen molar-refractivity contribution in [3.63, 3.8) is 0 Å². The van der Waals surface area contributed by atoms with E-state index < -0.39 is 0 Å². The van der Waals surface area contributed by atoms with Gasteiger partial charge in [-0.05, 0) is 75.6 Å². The van der Waals surface area contributed by atoms with Gasteiger partial charge >= 0.3 is 0 Å². The molecule has 0 fully saturated rings. The Kier molecular flexibility index (Phi) is 4.46. The molecule has 1 aromatic rings. The summed E-state index contributed by atoms with van der Waals surface area (Å²) in [6.07, 6.45) is 6.86. The second kappa shape index (κ2) is 6.09. The van der Waals surface area contributed by atoms with Crippen molar-refractivity contribution < 1.29 is 0 Å². The van der Waals surface area contributed by atoms with Crippen LogP contribution < -0.4 is 5.32 Å². The predicted octanol–water partition coefficient (Wildman–Crippen LogP) is 8.03. The van der Waals surface area contributed by atoms with Crippen molar-refractivity contribution in [2.45, 2.75) is 118 Å². The van der Waals surface area contributed by atoms with Crippen LogP contribution in [0.3, 0.4) is 0 Å². The Morgan fingerprint density at radius 2 is 1.26 bits per heavy atom. The maximum atomic E-state index is 3.83. The molecular formula is C30H45N. The average Bonchev–Trinajstić information content (AvgIpc) is 2.91. The normalized spacial score (nSPS) is 33.4. The van der Waals surface area contributed by atoms with Crippen LogP contribution >= 0.6 is 0 Å². The average molecular weight is 420 g/mol. The summed E-state index contributed by atoms with van der Waals surface area (Å²) < 4.78 is 0. The summed E-state index contributed by atoms with van der Waals surface area (Å²) in [7, 11) is 0. The quantitative estimate of drug-likeness (QED) is 0.511. The molecule has 0 spiro atoms. The maximum absolute atomic E-state index is 3.83. The molecule has 1 heterocycles. The van der Waals surface area contributed by atoms with E-state index in [0.717, 1.165) is 12.8 Å².